The Balaban J connectivity index is 1.77. The van der Waals surface area contributed by atoms with E-state index < -0.39 is 5.97 Å². The fourth-order valence-corrected chi connectivity index (χ4v) is 4.27. The summed E-state index contributed by atoms with van der Waals surface area (Å²) in [6, 6.07) is 15.8. The number of esters is 1. The Labute approximate surface area is 190 Å². The molecule has 2 aromatic heterocycles. The van der Waals surface area contributed by atoms with E-state index in [1.165, 1.54) is 7.11 Å². The predicted octanol–water partition coefficient (Wildman–Crippen LogP) is 3.11. The number of aromatic carboxylic acids is 1. The quantitative estimate of drug-likeness (QED) is 0.419. The number of carbonyl (C=O) groups is 2. The molecule has 9 heteroatoms. The summed E-state index contributed by atoms with van der Waals surface area (Å²) in [6.45, 7) is 0.368. The van der Waals surface area contributed by atoms with Crippen molar-refractivity contribution in [3.63, 3.8) is 0 Å². The molecule has 164 valence electrons. The highest BCUT2D eigenvalue weighted by atomic mass is 32.1. The van der Waals surface area contributed by atoms with Crippen LogP contribution >= 0.6 is 12.2 Å². The van der Waals surface area contributed by atoms with Crippen LogP contribution in [-0.4, -0.2) is 50.3 Å². The van der Waals surface area contributed by atoms with Gasteiger partial charge < -0.3 is 24.6 Å². The van der Waals surface area contributed by atoms with Crippen LogP contribution in [0.3, 0.4) is 0 Å². The Morgan fingerprint density at radius 3 is 2.75 bits per heavy atom. The standard InChI is InChI=1S/C23H22N4O4S/c1-31-19(28)10-13-27-21(20(25-23(27)32)17-8-2-3-11-24-17)18-9-5-12-26(18)16-7-4-6-15(14-16)22(29)30/h2-9,11-12,14,20-21H,10,13H2,1H3,(H,25,32)(H,29,30)/t20-,21-/m0/s1. The largest absolute Gasteiger partial charge is 0.478 e. The number of methoxy groups -OCH3 is 1. The van der Waals surface area contributed by atoms with Gasteiger partial charge in [0.15, 0.2) is 5.11 Å². The molecule has 1 aliphatic rings. The van der Waals surface area contributed by atoms with E-state index in [1.54, 1.807) is 24.4 Å². The molecule has 3 heterocycles. The monoisotopic (exact) mass is 450 g/mol. The topological polar surface area (TPSA) is 96.7 Å². The lowest BCUT2D eigenvalue weighted by Crippen LogP contribution is -2.32. The van der Waals surface area contributed by atoms with Crippen LogP contribution in [0.1, 0.15) is 40.3 Å². The number of pyridine rings is 1. The van der Waals surface area contributed by atoms with Gasteiger partial charge in [0.05, 0.1) is 36.9 Å². The third-order valence-electron chi connectivity index (χ3n) is 5.44. The van der Waals surface area contributed by atoms with Gasteiger partial charge in [-0.2, -0.15) is 0 Å². The van der Waals surface area contributed by atoms with Gasteiger partial charge in [0.1, 0.15) is 0 Å². The molecule has 0 aliphatic carbocycles. The summed E-state index contributed by atoms with van der Waals surface area (Å²) in [5.41, 5.74) is 2.62. The number of ether oxygens (including phenoxy) is 1. The molecule has 1 aromatic carbocycles. The van der Waals surface area contributed by atoms with Gasteiger partial charge in [-0.1, -0.05) is 12.1 Å². The van der Waals surface area contributed by atoms with Crippen molar-refractivity contribution in [2.24, 2.45) is 0 Å². The van der Waals surface area contributed by atoms with E-state index in [0.717, 1.165) is 17.1 Å². The van der Waals surface area contributed by atoms with Gasteiger partial charge in [-0.15, -0.1) is 0 Å². The lowest BCUT2D eigenvalue weighted by atomic mass is 10.0. The first-order valence-corrected chi connectivity index (χ1v) is 10.5. The molecule has 1 aliphatic heterocycles. The molecular weight excluding hydrogens is 428 g/mol. The maximum Gasteiger partial charge on any atom is 0.335 e. The van der Waals surface area contributed by atoms with Crippen molar-refractivity contribution < 1.29 is 19.4 Å². The normalized spacial score (nSPS) is 17.8. The number of hydrogen-bond acceptors (Lipinski definition) is 5. The Kier molecular flexibility index (Phi) is 6.18. The van der Waals surface area contributed by atoms with Gasteiger partial charge >= 0.3 is 11.9 Å². The van der Waals surface area contributed by atoms with Crippen molar-refractivity contribution in [3.05, 3.63) is 83.9 Å². The zero-order chi connectivity index (χ0) is 22.7. The van der Waals surface area contributed by atoms with E-state index >= 15 is 0 Å². The minimum Gasteiger partial charge on any atom is -0.478 e. The Morgan fingerprint density at radius 2 is 2.03 bits per heavy atom. The molecule has 0 bridgehead atoms. The fourth-order valence-electron chi connectivity index (χ4n) is 3.94. The van der Waals surface area contributed by atoms with Gasteiger partial charge in [-0.05, 0) is 54.7 Å². The van der Waals surface area contributed by atoms with E-state index in [2.05, 4.69) is 10.3 Å². The maximum atomic E-state index is 11.8. The molecule has 32 heavy (non-hydrogen) atoms. The first-order chi connectivity index (χ1) is 15.5. The zero-order valence-corrected chi connectivity index (χ0v) is 18.2. The molecule has 0 unspecified atom stereocenters. The molecule has 2 N–H and O–H groups in total. The van der Waals surface area contributed by atoms with Crippen LogP contribution in [0.4, 0.5) is 0 Å². The van der Waals surface area contributed by atoms with Gasteiger partial charge in [-0.3, -0.25) is 9.78 Å². The molecule has 0 radical (unpaired) electrons. The number of nitrogens with zero attached hydrogens (tertiary/aromatic N) is 3. The average molecular weight is 451 g/mol. The third kappa shape index (κ3) is 4.19. The second-order valence-electron chi connectivity index (χ2n) is 7.30. The van der Waals surface area contributed by atoms with Crippen LogP contribution < -0.4 is 5.32 Å². The van der Waals surface area contributed by atoms with Gasteiger partial charge in [-0.25, -0.2) is 4.79 Å². The molecule has 0 saturated carbocycles. The second kappa shape index (κ2) is 9.19. The van der Waals surface area contributed by atoms with Crippen molar-refractivity contribution in [1.82, 2.24) is 19.8 Å². The number of carboxylic acid groups (broad SMARTS) is 1. The van der Waals surface area contributed by atoms with Gasteiger partial charge in [0.2, 0.25) is 0 Å². The summed E-state index contributed by atoms with van der Waals surface area (Å²) in [7, 11) is 1.36. The van der Waals surface area contributed by atoms with E-state index in [4.69, 9.17) is 17.0 Å². The fraction of sp³-hybridized carbons (Fsp3) is 0.217. The lowest BCUT2D eigenvalue weighted by Gasteiger charge is -2.28. The maximum absolute atomic E-state index is 11.8. The van der Waals surface area contributed by atoms with Crippen LogP contribution in [0.5, 0.6) is 0 Å². The lowest BCUT2D eigenvalue weighted by molar-refractivity contribution is -0.140. The predicted molar refractivity (Wildman–Crippen MR) is 122 cm³/mol. The summed E-state index contributed by atoms with van der Waals surface area (Å²) >= 11 is 5.62. The first-order valence-electron chi connectivity index (χ1n) is 10.1. The number of rotatable bonds is 7. The smallest absolute Gasteiger partial charge is 0.335 e. The van der Waals surface area contributed by atoms with Crippen molar-refractivity contribution in [1.29, 1.82) is 0 Å². The van der Waals surface area contributed by atoms with Crippen LogP contribution in [0.15, 0.2) is 67.0 Å². The van der Waals surface area contributed by atoms with Crippen LogP contribution in [0, 0.1) is 0 Å². The minimum atomic E-state index is -0.990. The van der Waals surface area contributed by atoms with Crippen molar-refractivity contribution in [3.8, 4) is 5.69 Å². The van der Waals surface area contributed by atoms with E-state index in [-0.39, 0.29) is 30.0 Å². The molecule has 4 rings (SSSR count). The molecule has 0 amide bonds. The molecule has 2 atom stereocenters. The SMILES string of the molecule is COC(=O)CCN1C(=S)N[C@@H](c2ccccn2)[C@@H]1c1cccn1-c1cccc(C(=O)O)c1. The van der Waals surface area contributed by atoms with E-state index in [0.29, 0.717) is 11.7 Å². The molecule has 3 aromatic rings. The number of nitrogens with one attached hydrogen (secondary N) is 1. The van der Waals surface area contributed by atoms with E-state index in [1.807, 2.05) is 52.1 Å². The van der Waals surface area contributed by atoms with Gasteiger partial charge in [0, 0.05) is 30.3 Å². The second-order valence-corrected chi connectivity index (χ2v) is 7.69. The Hall–Kier alpha value is -3.72. The average Bonchev–Trinajstić information content (AvgIpc) is 3.42. The van der Waals surface area contributed by atoms with E-state index in [9.17, 15) is 14.7 Å². The highest BCUT2D eigenvalue weighted by Gasteiger charge is 2.41. The summed E-state index contributed by atoms with van der Waals surface area (Å²) < 4.78 is 6.75. The first kappa shape index (κ1) is 21.5. The van der Waals surface area contributed by atoms with Crippen LogP contribution in [-0.2, 0) is 9.53 Å². The van der Waals surface area contributed by atoms with Crippen LogP contribution in [0.2, 0.25) is 0 Å². The summed E-state index contributed by atoms with van der Waals surface area (Å²) in [4.78, 5) is 29.8. The third-order valence-corrected chi connectivity index (χ3v) is 5.79. The van der Waals surface area contributed by atoms with Crippen molar-refractivity contribution in [2.75, 3.05) is 13.7 Å². The Bertz CT molecular complexity index is 1150. The number of thiocarbonyl (C=S) groups is 1. The molecule has 1 saturated heterocycles. The minimum absolute atomic E-state index is 0.180. The number of carbonyl (C=O) groups excluding carboxylic acids is 1. The zero-order valence-electron chi connectivity index (χ0n) is 17.3. The number of benzene rings is 1. The van der Waals surface area contributed by atoms with Crippen LogP contribution in [0.25, 0.3) is 5.69 Å². The molecule has 8 nitrogen and oxygen atoms in total. The van der Waals surface area contributed by atoms with Crippen molar-refractivity contribution in [2.45, 2.75) is 18.5 Å². The number of aromatic nitrogens is 2. The summed E-state index contributed by atoms with van der Waals surface area (Å²) in [5, 5.41) is 13.3. The molecule has 1 fully saturated rings. The highest BCUT2D eigenvalue weighted by molar-refractivity contribution is 7.80. The summed E-state index contributed by atoms with van der Waals surface area (Å²) in [5.74, 6) is -1.31. The number of hydrogen-bond donors (Lipinski definition) is 2. The van der Waals surface area contributed by atoms with Gasteiger partial charge in [0.25, 0.3) is 0 Å². The Morgan fingerprint density at radius 1 is 1.19 bits per heavy atom. The molecule has 0 spiro atoms. The van der Waals surface area contributed by atoms with Crippen molar-refractivity contribution >= 4 is 29.3 Å². The molecular formula is C23H22N4O4S. The number of carboxylic acids is 1. The summed E-state index contributed by atoms with van der Waals surface area (Å²) in [6.07, 6.45) is 3.79. The highest BCUT2D eigenvalue weighted by Crippen LogP contribution is 2.39.